The van der Waals surface area contributed by atoms with Crippen molar-refractivity contribution < 1.29 is 5.11 Å². The average molecular weight is 260 g/mol. The summed E-state index contributed by atoms with van der Waals surface area (Å²) in [6.07, 6.45) is 2.05. The van der Waals surface area contributed by atoms with E-state index >= 15 is 0 Å². The van der Waals surface area contributed by atoms with Crippen molar-refractivity contribution in [2.45, 2.75) is 12.5 Å². The van der Waals surface area contributed by atoms with Crippen LogP contribution < -0.4 is 5.32 Å². The molecule has 16 heavy (non-hydrogen) atoms. The van der Waals surface area contributed by atoms with Crippen LogP contribution in [-0.4, -0.2) is 18.2 Å². The van der Waals surface area contributed by atoms with Gasteiger partial charge in [0.15, 0.2) is 0 Å². The SMILES string of the molecule is C=CCCNCC(O)c1cc(Cl)ccc1Cl. The Hall–Kier alpha value is -0.540. The quantitative estimate of drug-likeness (QED) is 0.608. The fourth-order valence-electron chi connectivity index (χ4n) is 1.32. The summed E-state index contributed by atoms with van der Waals surface area (Å²) in [5, 5.41) is 14.1. The van der Waals surface area contributed by atoms with Gasteiger partial charge in [-0.3, -0.25) is 0 Å². The van der Waals surface area contributed by atoms with Gasteiger partial charge in [-0.25, -0.2) is 0 Å². The van der Waals surface area contributed by atoms with Gasteiger partial charge < -0.3 is 10.4 Å². The number of aliphatic hydroxyl groups excluding tert-OH is 1. The van der Waals surface area contributed by atoms with Crippen molar-refractivity contribution in [1.29, 1.82) is 0 Å². The highest BCUT2D eigenvalue weighted by molar-refractivity contribution is 6.33. The van der Waals surface area contributed by atoms with Crippen LogP contribution in [-0.2, 0) is 0 Å². The summed E-state index contributed by atoms with van der Waals surface area (Å²) < 4.78 is 0. The molecule has 0 saturated carbocycles. The number of nitrogens with one attached hydrogen (secondary N) is 1. The maximum Gasteiger partial charge on any atom is 0.0929 e. The second-order valence-corrected chi connectivity index (χ2v) is 4.31. The van der Waals surface area contributed by atoms with Gasteiger partial charge in [-0.15, -0.1) is 6.58 Å². The largest absolute Gasteiger partial charge is 0.387 e. The van der Waals surface area contributed by atoms with Gasteiger partial charge in [0.2, 0.25) is 0 Å². The lowest BCUT2D eigenvalue weighted by Gasteiger charge is -2.13. The molecule has 0 radical (unpaired) electrons. The van der Waals surface area contributed by atoms with E-state index in [0.717, 1.165) is 13.0 Å². The molecule has 1 atom stereocenters. The van der Waals surface area contributed by atoms with E-state index < -0.39 is 6.10 Å². The molecule has 0 spiro atoms. The maximum atomic E-state index is 9.89. The van der Waals surface area contributed by atoms with Crippen molar-refractivity contribution in [1.82, 2.24) is 5.32 Å². The standard InChI is InChI=1S/C12H15Cl2NO/c1-2-3-6-15-8-12(16)10-7-9(13)4-5-11(10)14/h2,4-5,7,12,15-16H,1,3,6,8H2. The van der Waals surface area contributed by atoms with Gasteiger partial charge >= 0.3 is 0 Å². The van der Waals surface area contributed by atoms with Gasteiger partial charge in [0.05, 0.1) is 6.10 Å². The molecule has 0 heterocycles. The average Bonchev–Trinajstić information content (AvgIpc) is 2.27. The molecule has 0 aliphatic carbocycles. The minimum atomic E-state index is -0.643. The molecule has 2 nitrogen and oxygen atoms in total. The molecule has 0 aliphatic rings. The minimum Gasteiger partial charge on any atom is -0.387 e. The highest BCUT2D eigenvalue weighted by atomic mass is 35.5. The van der Waals surface area contributed by atoms with Crippen LogP contribution >= 0.6 is 23.2 Å². The van der Waals surface area contributed by atoms with Gasteiger partial charge in [-0.05, 0) is 31.2 Å². The smallest absolute Gasteiger partial charge is 0.0929 e. The first-order chi connectivity index (χ1) is 7.65. The van der Waals surface area contributed by atoms with Crippen molar-refractivity contribution >= 4 is 23.2 Å². The van der Waals surface area contributed by atoms with E-state index in [2.05, 4.69) is 11.9 Å². The van der Waals surface area contributed by atoms with Crippen LogP contribution in [0.4, 0.5) is 0 Å². The normalized spacial score (nSPS) is 12.4. The molecule has 0 aliphatic heterocycles. The first-order valence-corrected chi connectivity index (χ1v) is 5.85. The first-order valence-electron chi connectivity index (χ1n) is 5.09. The lowest BCUT2D eigenvalue weighted by molar-refractivity contribution is 0.175. The van der Waals surface area contributed by atoms with Crippen LogP contribution in [0.3, 0.4) is 0 Å². The molecule has 1 aromatic carbocycles. The molecule has 0 saturated heterocycles. The Morgan fingerprint density at radius 2 is 2.19 bits per heavy atom. The lowest BCUT2D eigenvalue weighted by Crippen LogP contribution is -2.22. The molecule has 1 rings (SSSR count). The summed E-state index contributed by atoms with van der Waals surface area (Å²) >= 11 is 11.8. The molecule has 0 bridgehead atoms. The number of hydrogen-bond donors (Lipinski definition) is 2. The molecular weight excluding hydrogens is 245 g/mol. The van der Waals surface area contributed by atoms with Gasteiger partial charge in [-0.1, -0.05) is 29.3 Å². The second kappa shape index (κ2) is 6.92. The summed E-state index contributed by atoms with van der Waals surface area (Å²) in [6.45, 7) is 4.86. The molecule has 0 aromatic heterocycles. The Balaban J connectivity index is 2.54. The number of halogens is 2. The van der Waals surface area contributed by atoms with Crippen LogP contribution in [0.15, 0.2) is 30.9 Å². The predicted octanol–water partition coefficient (Wildman–Crippen LogP) is 3.19. The van der Waals surface area contributed by atoms with Crippen molar-refractivity contribution in [3.05, 3.63) is 46.5 Å². The van der Waals surface area contributed by atoms with Crippen LogP contribution in [0, 0.1) is 0 Å². The second-order valence-electron chi connectivity index (χ2n) is 3.46. The van der Waals surface area contributed by atoms with E-state index in [4.69, 9.17) is 23.2 Å². The van der Waals surface area contributed by atoms with Crippen molar-refractivity contribution in [3.8, 4) is 0 Å². The van der Waals surface area contributed by atoms with E-state index in [0.29, 0.717) is 22.2 Å². The lowest BCUT2D eigenvalue weighted by atomic mass is 10.1. The van der Waals surface area contributed by atoms with Gasteiger partial charge in [0.25, 0.3) is 0 Å². The molecule has 0 fully saturated rings. The maximum absolute atomic E-state index is 9.89. The summed E-state index contributed by atoms with van der Waals surface area (Å²) in [4.78, 5) is 0. The third-order valence-electron chi connectivity index (χ3n) is 2.18. The topological polar surface area (TPSA) is 32.3 Å². The monoisotopic (exact) mass is 259 g/mol. The molecule has 0 amide bonds. The third kappa shape index (κ3) is 4.14. The Bertz CT molecular complexity index is 355. The Morgan fingerprint density at radius 1 is 1.44 bits per heavy atom. The fraction of sp³-hybridized carbons (Fsp3) is 0.333. The highest BCUT2D eigenvalue weighted by Gasteiger charge is 2.11. The number of benzene rings is 1. The summed E-state index contributed by atoms with van der Waals surface area (Å²) in [5.74, 6) is 0. The van der Waals surface area contributed by atoms with Crippen molar-refractivity contribution in [3.63, 3.8) is 0 Å². The van der Waals surface area contributed by atoms with Crippen LogP contribution in [0.25, 0.3) is 0 Å². The Morgan fingerprint density at radius 3 is 2.88 bits per heavy atom. The van der Waals surface area contributed by atoms with E-state index in [1.165, 1.54) is 0 Å². The summed E-state index contributed by atoms with van der Waals surface area (Å²) in [6, 6.07) is 5.07. The van der Waals surface area contributed by atoms with E-state index in [9.17, 15) is 5.11 Å². The van der Waals surface area contributed by atoms with E-state index in [1.54, 1.807) is 18.2 Å². The zero-order chi connectivity index (χ0) is 12.0. The van der Waals surface area contributed by atoms with Gasteiger partial charge in [0, 0.05) is 22.2 Å². The zero-order valence-corrected chi connectivity index (χ0v) is 10.4. The van der Waals surface area contributed by atoms with Crippen molar-refractivity contribution in [2.75, 3.05) is 13.1 Å². The van der Waals surface area contributed by atoms with E-state index in [1.807, 2.05) is 6.08 Å². The summed E-state index contributed by atoms with van der Waals surface area (Å²) in [5.41, 5.74) is 0.653. The fourth-order valence-corrected chi connectivity index (χ4v) is 1.75. The van der Waals surface area contributed by atoms with Crippen molar-refractivity contribution in [2.24, 2.45) is 0 Å². The molecule has 2 N–H and O–H groups in total. The predicted molar refractivity (Wildman–Crippen MR) is 69.1 cm³/mol. The minimum absolute atomic E-state index is 0.452. The Labute approximate surface area is 106 Å². The number of aliphatic hydroxyl groups is 1. The third-order valence-corrected chi connectivity index (χ3v) is 2.76. The molecular formula is C12H15Cl2NO. The zero-order valence-electron chi connectivity index (χ0n) is 8.92. The molecule has 1 unspecified atom stereocenters. The number of hydrogen-bond acceptors (Lipinski definition) is 2. The van der Waals surface area contributed by atoms with Crippen LogP contribution in [0.2, 0.25) is 10.0 Å². The summed E-state index contributed by atoms with van der Waals surface area (Å²) in [7, 11) is 0. The highest BCUT2D eigenvalue weighted by Crippen LogP contribution is 2.25. The van der Waals surface area contributed by atoms with Crippen LogP contribution in [0.5, 0.6) is 0 Å². The van der Waals surface area contributed by atoms with Gasteiger partial charge in [0.1, 0.15) is 0 Å². The first kappa shape index (κ1) is 13.5. The van der Waals surface area contributed by atoms with Crippen LogP contribution in [0.1, 0.15) is 18.1 Å². The van der Waals surface area contributed by atoms with Gasteiger partial charge in [-0.2, -0.15) is 0 Å². The molecule has 88 valence electrons. The Kier molecular flexibility index (Phi) is 5.85. The molecule has 1 aromatic rings. The number of rotatable bonds is 6. The van der Waals surface area contributed by atoms with E-state index in [-0.39, 0.29) is 0 Å². The molecule has 4 heteroatoms.